The number of fused-ring (bicyclic) bond motifs is 3. The first-order valence-electron chi connectivity index (χ1n) is 7.28. The normalized spacial score (nSPS) is 24.4. The van der Waals surface area contributed by atoms with Gasteiger partial charge in [0.05, 0.1) is 25.1 Å². The van der Waals surface area contributed by atoms with Crippen molar-refractivity contribution in [3.05, 3.63) is 42.2 Å². The Kier molecular flexibility index (Phi) is 2.74. The van der Waals surface area contributed by atoms with E-state index in [1.165, 1.54) is 11.3 Å². The Morgan fingerprint density at radius 3 is 3.10 bits per heavy atom. The zero-order valence-corrected chi connectivity index (χ0v) is 12.2. The molecule has 21 heavy (non-hydrogen) atoms. The monoisotopic (exact) mass is 282 g/mol. The van der Waals surface area contributed by atoms with E-state index < -0.39 is 0 Å². The zero-order valence-electron chi connectivity index (χ0n) is 12.2. The van der Waals surface area contributed by atoms with Gasteiger partial charge in [0, 0.05) is 24.0 Å². The third kappa shape index (κ3) is 1.84. The van der Waals surface area contributed by atoms with Gasteiger partial charge in [-0.2, -0.15) is 0 Å². The van der Waals surface area contributed by atoms with Crippen LogP contribution in [0.15, 0.2) is 36.5 Å². The summed E-state index contributed by atoms with van der Waals surface area (Å²) in [6.45, 7) is 2.30. The number of rotatable bonds is 2. The second-order valence-corrected chi connectivity index (χ2v) is 5.85. The molecule has 1 aliphatic carbocycles. The maximum Gasteiger partial charge on any atom is 0.156 e. The Labute approximate surface area is 122 Å². The third-order valence-corrected chi connectivity index (χ3v) is 4.49. The number of H-pyrrole nitrogens is 1. The number of methoxy groups -OCH3 is 1. The summed E-state index contributed by atoms with van der Waals surface area (Å²) in [6, 6.07) is 2.06. The molecule has 2 unspecified atom stereocenters. The Bertz CT molecular complexity index is 829. The van der Waals surface area contributed by atoms with Gasteiger partial charge in [-0.05, 0) is 30.4 Å². The zero-order chi connectivity index (χ0) is 14.4. The summed E-state index contributed by atoms with van der Waals surface area (Å²) in [5.41, 5.74) is 5.55. The molecule has 1 aliphatic rings. The van der Waals surface area contributed by atoms with E-state index >= 15 is 0 Å². The topological polar surface area (TPSA) is 55.2 Å². The fraction of sp³-hybridized carbons (Fsp3) is 0.375. The molecule has 0 spiro atoms. The van der Waals surface area contributed by atoms with Crippen molar-refractivity contribution in [2.75, 3.05) is 7.11 Å². The average molecular weight is 282 g/mol. The first-order valence-corrected chi connectivity index (χ1v) is 7.28. The standard InChI is InChI=1S/C16H18N4O/c1-10-5-11(9-21-2)6-12(10)14-7-18-15-8-19-16-13(20(14)15)3-4-17-16/h3-4,7-10,12,17H,5-6H2,1-2H3. The van der Waals surface area contributed by atoms with Gasteiger partial charge in [0.25, 0.3) is 0 Å². The number of allylic oxidation sites excluding steroid dienone is 1. The molecule has 2 atom stereocenters. The number of hydrogen-bond donors (Lipinski definition) is 1. The maximum atomic E-state index is 5.19. The number of aromatic amines is 1. The number of nitrogens with one attached hydrogen (secondary N) is 1. The molecule has 0 amide bonds. The molecule has 5 nitrogen and oxygen atoms in total. The van der Waals surface area contributed by atoms with Gasteiger partial charge in [0.1, 0.15) is 0 Å². The van der Waals surface area contributed by atoms with Gasteiger partial charge in [0.2, 0.25) is 0 Å². The van der Waals surface area contributed by atoms with Crippen LogP contribution < -0.4 is 0 Å². The molecule has 0 aromatic carbocycles. The lowest BCUT2D eigenvalue weighted by Gasteiger charge is -2.14. The molecule has 1 N–H and O–H groups in total. The van der Waals surface area contributed by atoms with Crippen LogP contribution in [0.4, 0.5) is 0 Å². The highest BCUT2D eigenvalue weighted by molar-refractivity contribution is 5.74. The number of ether oxygens (including phenoxy) is 1. The van der Waals surface area contributed by atoms with Gasteiger partial charge in [-0.3, -0.25) is 4.40 Å². The van der Waals surface area contributed by atoms with Crippen molar-refractivity contribution in [2.45, 2.75) is 25.7 Å². The Hall–Kier alpha value is -2.30. The molecule has 0 bridgehead atoms. The summed E-state index contributed by atoms with van der Waals surface area (Å²) in [7, 11) is 1.72. The van der Waals surface area contributed by atoms with Crippen molar-refractivity contribution < 1.29 is 4.74 Å². The second-order valence-electron chi connectivity index (χ2n) is 5.85. The molecular formula is C16H18N4O. The SMILES string of the molecule is COC=C1CC(C)C(c2cnc3cnc4[nH]ccc4n23)C1. The van der Waals surface area contributed by atoms with E-state index in [4.69, 9.17) is 4.74 Å². The first kappa shape index (κ1) is 12.4. The highest BCUT2D eigenvalue weighted by atomic mass is 16.5. The van der Waals surface area contributed by atoms with Gasteiger partial charge in [0.15, 0.2) is 11.3 Å². The lowest BCUT2D eigenvalue weighted by atomic mass is 9.95. The molecule has 3 aromatic heterocycles. The van der Waals surface area contributed by atoms with Gasteiger partial charge < -0.3 is 9.72 Å². The Morgan fingerprint density at radius 2 is 2.24 bits per heavy atom. The Balaban J connectivity index is 1.87. The van der Waals surface area contributed by atoms with Gasteiger partial charge >= 0.3 is 0 Å². The summed E-state index contributed by atoms with van der Waals surface area (Å²) < 4.78 is 7.42. The minimum Gasteiger partial charge on any atom is -0.504 e. The minimum atomic E-state index is 0.474. The highest BCUT2D eigenvalue weighted by Gasteiger charge is 2.31. The summed E-state index contributed by atoms with van der Waals surface area (Å²) >= 11 is 0. The molecule has 0 aliphatic heterocycles. The van der Waals surface area contributed by atoms with E-state index in [1.54, 1.807) is 7.11 Å². The lowest BCUT2D eigenvalue weighted by Crippen LogP contribution is -2.06. The van der Waals surface area contributed by atoms with Crippen LogP contribution in [0.25, 0.3) is 16.8 Å². The molecule has 3 heterocycles. The van der Waals surface area contributed by atoms with Crippen molar-refractivity contribution >= 4 is 16.8 Å². The van der Waals surface area contributed by atoms with E-state index in [-0.39, 0.29) is 0 Å². The van der Waals surface area contributed by atoms with Crippen LogP contribution >= 0.6 is 0 Å². The number of imidazole rings is 1. The summed E-state index contributed by atoms with van der Waals surface area (Å²) in [5, 5.41) is 0. The molecule has 4 rings (SSSR count). The highest BCUT2D eigenvalue weighted by Crippen LogP contribution is 2.42. The number of aromatic nitrogens is 4. The van der Waals surface area contributed by atoms with Crippen molar-refractivity contribution in [1.82, 2.24) is 19.4 Å². The second kappa shape index (κ2) is 4.62. The molecule has 0 radical (unpaired) electrons. The van der Waals surface area contributed by atoms with Crippen molar-refractivity contribution in [3.63, 3.8) is 0 Å². The third-order valence-electron chi connectivity index (χ3n) is 4.49. The van der Waals surface area contributed by atoms with E-state index in [1.807, 2.05) is 24.9 Å². The summed E-state index contributed by atoms with van der Waals surface area (Å²) in [5.74, 6) is 1.07. The molecule has 1 saturated carbocycles. The van der Waals surface area contributed by atoms with Crippen molar-refractivity contribution in [3.8, 4) is 0 Å². The van der Waals surface area contributed by atoms with Crippen molar-refractivity contribution in [1.29, 1.82) is 0 Å². The molecule has 3 aromatic rings. The fourth-order valence-electron chi connectivity index (χ4n) is 3.54. The first-order chi connectivity index (χ1) is 10.3. The quantitative estimate of drug-likeness (QED) is 0.734. The van der Waals surface area contributed by atoms with E-state index in [0.717, 1.165) is 29.7 Å². The Morgan fingerprint density at radius 1 is 1.33 bits per heavy atom. The van der Waals surface area contributed by atoms with Crippen LogP contribution in [0.3, 0.4) is 0 Å². The number of nitrogens with zero attached hydrogens (tertiary/aromatic N) is 3. The van der Waals surface area contributed by atoms with Crippen LogP contribution in [0.1, 0.15) is 31.4 Å². The predicted molar refractivity (Wildman–Crippen MR) is 81.1 cm³/mol. The van der Waals surface area contributed by atoms with Crippen LogP contribution in [-0.4, -0.2) is 26.5 Å². The molecule has 1 fully saturated rings. The molecule has 108 valence electrons. The maximum absolute atomic E-state index is 5.19. The molecule has 0 saturated heterocycles. The van der Waals surface area contributed by atoms with Crippen LogP contribution in [0.2, 0.25) is 0 Å². The summed E-state index contributed by atoms with van der Waals surface area (Å²) in [4.78, 5) is 12.1. The molecular weight excluding hydrogens is 264 g/mol. The van der Waals surface area contributed by atoms with Gasteiger partial charge in [-0.25, -0.2) is 9.97 Å². The van der Waals surface area contributed by atoms with E-state index in [9.17, 15) is 0 Å². The fourth-order valence-corrected chi connectivity index (χ4v) is 3.54. The average Bonchev–Trinajstić information content (AvgIpc) is 3.15. The van der Waals surface area contributed by atoms with Crippen molar-refractivity contribution in [2.24, 2.45) is 5.92 Å². The smallest absolute Gasteiger partial charge is 0.156 e. The van der Waals surface area contributed by atoms with E-state index in [0.29, 0.717) is 11.8 Å². The molecule has 5 heteroatoms. The largest absolute Gasteiger partial charge is 0.504 e. The van der Waals surface area contributed by atoms with Crippen LogP contribution in [0.5, 0.6) is 0 Å². The summed E-state index contributed by atoms with van der Waals surface area (Å²) in [6.07, 6.45) is 9.78. The predicted octanol–water partition coefficient (Wildman–Crippen LogP) is 3.25. The number of hydrogen-bond acceptors (Lipinski definition) is 3. The van der Waals surface area contributed by atoms with Crippen LogP contribution in [-0.2, 0) is 4.74 Å². The van der Waals surface area contributed by atoms with Gasteiger partial charge in [-0.15, -0.1) is 0 Å². The minimum absolute atomic E-state index is 0.474. The van der Waals surface area contributed by atoms with Crippen LogP contribution in [0, 0.1) is 5.92 Å². The lowest BCUT2D eigenvalue weighted by molar-refractivity contribution is 0.332. The van der Waals surface area contributed by atoms with E-state index in [2.05, 4.69) is 32.3 Å². The van der Waals surface area contributed by atoms with Gasteiger partial charge in [-0.1, -0.05) is 6.92 Å².